The van der Waals surface area contributed by atoms with E-state index in [9.17, 15) is 8.42 Å². The number of anilines is 1. The molecule has 8 heteroatoms. The van der Waals surface area contributed by atoms with Crippen molar-refractivity contribution in [3.8, 4) is 0 Å². The van der Waals surface area contributed by atoms with Crippen molar-refractivity contribution >= 4 is 27.4 Å². The van der Waals surface area contributed by atoms with Crippen LogP contribution in [0.25, 0.3) is 0 Å². The number of nitrogens with zero attached hydrogens (tertiary/aromatic N) is 2. The highest BCUT2D eigenvalue weighted by molar-refractivity contribution is 7.89. The number of hydrogen-bond donors (Lipinski definition) is 2. The molecule has 0 fully saturated rings. The van der Waals surface area contributed by atoms with Crippen molar-refractivity contribution in [3.63, 3.8) is 0 Å². The monoisotopic (exact) mass is 306 g/mol. The molecule has 1 aromatic rings. The Labute approximate surface area is 119 Å². The number of halogens is 1. The lowest BCUT2D eigenvalue weighted by atomic mass is 10.1. The lowest BCUT2D eigenvalue weighted by Crippen LogP contribution is -2.29. The quantitative estimate of drug-likeness (QED) is 0.748. The fraction of sp³-hybridized carbons (Fsp3) is 0.636. The first-order valence-corrected chi connectivity index (χ1v) is 8.12. The number of nitrogens with one attached hydrogen (secondary N) is 2. The highest BCUT2D eigenvalue weighted by Gasteiger charge is 2.14. The third kappa shape index (κ3) is 4.93. The van der Waals surface area contributed by atoms with E-state index in [0.29, 0.717) is 17.5 Å². The van der Waals surface area contributed by atoms with Crippen molar-refractivity contribution in [3.05, 3.63) is 17.0 Å². The first-order chi connectivity index (χ1) is 8.87. The number of aromatic nitrogens is 2. The molecular weight excluding hydrogens is 288 g/mol. The second kappa shape index (κ2) is 7.02. The maximum absolute atomic E-state index is 11.5. The van der Waals surface area contributed by atoms with Crippen molar-refractivity contribution in [2.45, 2.75) is 26.7 Å². The van der Waals surface area contributed by atoms with Crippen LogP contribution in [-0.4, -0.2) is 37.2 Å². The molecule has 0 amide bonds. The Morgan fingerprint density at radius 1 is 1.37 bits per heavy atom. The minimum atomic E-state index is -3.23. The zero-order valence-electron chi connectivity index (χ0n) is 11.3. The summed E-state index contributed by atoms with van der Waals surface area (Å²) < 4.78 is 25.4. The summed E-state index contributed by atoms with van der Waals surface area (Å²) in [5.74, 6) is 0.725. The predicted molar refractivity (Wildman–Crippen MR) is 77.1 cm³/mol. The topological polar surface area (TPSA) is 84.0 Å². The van der Waals surface area contributed by atoms with E-state index in [2.05, 4.69) is 20.0 Å². The van der Waals surface area contributed by atoms with Crippen LogP contribution in [0.5, 0.6) is 0 Å². The van der Waals surface area contributed by atoms with Gasteiger partial charge < -0.3 is 5.32 Å². The summed E-state index contributed by atoms with van der Waals surface area (Å²) >= 11 is 6.02. The highest BCUT2D eigenvalue weighted by atomic mass is 35.5. The van der Waals surface area contributed by atoms with Crippen LogP contribution in [0.3, 0.4) is 0 Å². The lowest BCUT2D eigenvalue weighted by molar-refractivity contribution is 0.584. The van der Waals surface area contributed by atoms with Gasteiger partial charge in [-0.2, -0.15) is 0 Å². The van der Waals surface area contributed by atoms with Gasteiger partial charge >= 0.3 is 0 Å². The fourth-order valence-corrected chi connectivity index (χ4v) is 2.93. The molecular formula is C11H19ClN4O2S. The van der Waals surface area contributed by atoms with Crippen molar-refractivity contribution in [2.24, 2.45) is 0 Å². The van der Waals surface area contributed by atoms with Crippen LogP contribution in [0, 0.1) is 0 Å². The molecule has 0 saturated carbocycles. The molecule has 0 aromatic carbocycles. The Bertz CT molecular complexity index is 519. The maximum atomic E-state index is 11.5. The van der Waals surface area contributed by atoms with E-state index in [1.165, 1.54) is 6.33 Å². The van der Waals surface area contributed by atoms with Gasteiger partial charge in [-0.05, 0) is 5.92 Å². The van der Waals surface area contributed by atoms with Crippen molar-refractivity contribution < 1.29 is 8.42 Å². The summed E-state index contributed by atoms with van der Waals surface area (Å²) in [6, 6.07) is 0. The average Bonchev–Trinajstić information content (AvgIpc) is 2.28. The fourth-order valence-electron chi connectivity index (χ4n) is 1.62. The molecule has 2 N–H and O–H groups in total. The van der Waals surface area contributed by atoms with Crippen molar-refractivity contribution in [1.29, 1.82) is 0 Å². The number of hydrogen-bond acceptors (Lipinski definition) is 5. The molecule has 1 rings (SSSR count). The Kier molecular flexibility index (Phi) is 5.96. The van der Waals surface area contributed by atoms with E-state index >= 15 is 0 Å². The molecule has 0 atom stereocenters. The molecule has 0 aliphatic rings. The summed E-state index contributed by atoms with van der Waals surface area (Å²) in [6.45, 7) is 6.35. The number of sulfonamides is 1. The Morgan fingerprint density at radius 2 is 2.05 bits per heavy atom. The van der Waals surface area contributed by atoms with Gasteiger partial charge in [0.15, 0.2) is 0 Å². The van der Waals surface area contributed by atoms with E-state index < -0.39 is 10.0 Å². The Hall–Kier alpha value is -0.920. The van der Waals surface area contributed by atoms with Crippen LogP contribution in [0.1, 0.15) is 32.3 Å². The minimum absolute atomic E-state index is 0.0139. The van der Waals surface area contributed by atoms with Gasteiger partial charge in [-0.1, -0.05) is 32.4 Å². The Balaban J connectivity index is 2.71. The second-order valence-corrected chi connectivity index (χ2v) is 6.61. The van der Waals surface area contributed by atoms with Crippen LogP contribution < -0.4 is 10.0 Å². The van der Waals surface area contributed by atoms with Gasteiger partial charge in [0.05, 0.1) is 5.75 Å². The third-order valence-electron chi connectivity index (χ3n) is 2.44. The van der Waals surface area contributed by atoms with Gasteiger partial charge in [-0.25, -0.2) is 23.1 Å². The van der Waals surface area contributed by atoms with Crippen molar-refractivity contribution in [1.82, 2.24) is 14.7 Å². The minimum Gasteiger partial charge on any atom is -0.369 e. The van der Waals surface area contributed by atoms with E-state index in [1.54, 1.807) is 6.92 Å². The second-order valence-electron chi connectivity index (χ2n) is 4.33. The van der Waals surface area contributed by atoms with Gasteiger partial charge in [0.2, 0.25) is 10.0 Å². The van der Waals surface area contributed by atoms with E-state index in [0.717, 1.165) is 5.56 Å². The maximum Gasteiger partial charge on any atom is 0.213 e. The normalized spacial score (nSPS) is 11.8. The predicted octanol–water partition coefficient (Wildman–Crippen LogP) is 1.60. The van der Waals surface area contributed by atoms with Gasteiger partial charge in [-0.3, -0.25) is 0 Å². The molecule has 0 radical (unpaired) electrons. The molecule has 0 unspecified atom stereocenters. The zero-order valence-corrected chi connectivity index (χ0v) is 12.8. The molecule has 6 nitrogen and oxygen atoms in total. The summed E-state index contributed by atoms with van der Waals surface area (Å²) in [5.41, 5.74) is 0.796. The van der Waals surface area contributed by atoms with Crippen LogP contribution in [-0.2, 0) is 10.0 Å². The van der Waals surface area contributed by atoms with Crippen LogP contribution in [0.4, 0.5) is 5.82 Å². The van der Waals surface area contributed by atoms with E-state index in [-0.39, 0.29) is 18.2 Å². The SMILES string of the molecule is CCNS(=O)(=O)CCNc1ncnc(Cl)c1C(C)C. The standard InChI is InChI=1S/C11H19ClN4O2S/c1-4-16-19(17,18)6-5-13-11-9(8(2)3)10(12)14-7-15-11/h7-8,16H,4-6H2,1-3H3,(H,13,14,15). The summed E-state index contributed by atoms with van der Waals surface area (Å²) in [7, 11) is -3.23. The van der Waals surface area contributed by atoms with E-state index in [1.807, 2.05) is 13.8 Å². The third-order valence-corrected chi connectivity index (χ3v) is 4.21. The van der Waals surface area contributed by atoms with Crippen molar-refractivity contribution in [2.75, 3.05) is 24.2 Å². The first kappa shape index (κ1) is 16.1. The highest BCUT2D eigenvalue weighted by Crippen LogP contribution is 2.27. The molecule has 0 bridgehead atoms. The van der Waals surface area contributed by atoms with Gasteiger partial charge in [-0.15, -0.1) is 0 Å². The molecule has 1 heterocycles. The summed E-state index contributed by atoms with van der Waals surface area (Å²) in [5, 5.41) is 3.39. The van der Waals surface area contributed by atoms with Crippen LogP contribution in [0.15, 0.2) is 6.33 Å². The molecule has 0 spiro atoms. The Morgan fingerprint density at radius 3 is 2.63 bits per heavy atom. The number of rotatable bonds is 7. The van der Waals surface area contributed by atoms with Crippen LogP contribution in [0.2, 0.25) is 5.15 Å². The lowest BCUT2D eigenvalue weighted by Gasteiger charge is -2.14. The van der Waals surface area contributed by atoms with Gasteiger partial charge in [0.1, 0.15) is 17.3 Å². The summed E-state index contributed by atoms with van der Waals surface area (Å²) in [6.07, 6.45) is 1.36. The van der Waals surface area contributed by atoms with Gasteiger partial charge in [0, 0.05) is 18.7 Å². The molecule has 0 aliphatic heterocycles. The molecule has 108 valence electrons. The summed E-state index contributed by atoms with van der Waals surface area (Å²) in [4.78, 5) is 8.04. The van der Waals surface area contributed by atoms with Gasteiger partial charge in [0.25, 0.3) is 0 Å². The van der Waals surface area contributed by atoms with Crippen LogP contribution >= 0.6 is 11.6 Å². The molecule has 1 aromatic heterocycles. The molecule has 19 heavy (non-hydrogen) atoms. The smallest absolute Gasteiger partial charge is 0.213 e. The zero-order chi connectivity index (χ0) is 14.5. The van der Waals surface area contributed by atoms with E-state index in [4.69, 9.17) is 11.6 Å². The average molecular weight is 307 g/mol. The largest absolute Gasteiger partial charge is 0.369 e. The first-order valence-electron chi connectivity index (χ1n) is 6.09. The molecule has 0 aliphatic carbocycles. The molecule has 0 saturated heterocycles.